The first-order valence-electron chi connectivity index (χ1n) is 4.94. The van der Waals surface area contributed by atoms with Crippen LogP contribution in [0.4, 0.5) is 5.69 Å². The van der Waals surface area contributed by atoms with Gasteiger partial charge in [0, 0.05) is 32.1 Å². The summed E-state index contributed by atoms with van der Waals surface area (Å²) >= 11 is 0. The van der Waals surface area contributed by atoms with Gasteiger partial charge in [-0.05, 0) is 18.6 Å². The van der Waals surface area contributed by atoms with Crippen LogP contribution >= 0.6 is 0 Å². The highest BCUT2D eigenvalue weighted by atomic mass is 16.1. The van der Waals surface area contributed by atoms with Crippen molar-refractivity contribution in [3.8, 4) is 0 Å². The van der Waals surface area contributed by atoms with Crippen LogP contribution in [0.1, 0.15) is 18.4 Å². The molecule has 0 aromatic carbocycles. The van der Waals surface area contributed by atoms with Gasteiger partial charge in [0.25, 0.3) is 0 Å². The molecule has 14 heavy (non-hydrogen) atoms. The third-order valence-corrected chi connectivity index (χ3v) is 2.67. The Bertz CT molecular complexity index is 339. The molecule has 0 saturated carbocycles. The molecule has 1 saturated heterocycles. The molecule has 0 amide bonds. The Morgan fingerprint density at radius 2 is 2.07 bits per heavy atom. The van der Waals surface area contributed by atoms with E-state index in [0.717, 1.165) is 13.1 Å². The number of hydrogen-bond donors (Lipinski definition) is 0. The number of nitrogens with zero attached hydrogens (tertiary/aromatic N) is 2. The maximum atomic E-state index is 11.1. The van der Waals surface area contributed by atoms with Crippen molar-refractivity contribution in [2.75, 3.05) is 18.0 Å². The molecule has 3 heteroatoms. The van der Waals surface area contributed by atoms with Crippen LogP contribution in [0.15, 0.2) is 18.5 Å². The number of ketones is 1. The third kappa shape index (κ3) is 1.76. The molecule has 2 heterocycles. The molecular formula is C11H14N2O. The van der Waals surface area contributed by atoms with E-state index in [-0.39, 0.29) is 0 Å². The van der Waals surface area contributed by atoms with Crippen molar-refractivity contribution in [2.24, 2.45) is 0 Å². The summed E-state index contributed by atoms with van der Waals surface area (Å²) in [6, 6.07) is 2.01. The first-order chi connectivity index (χ1) is 6.77. The lowest BCUT2D eigenvalue weighted by atomic mass is 10.1. The zero-order chi connectivity index (χ0) is 9.97. The maximum absolute atomic E-state index is 11.1. The third-order valence-electron chi connectivity index (χ3n) is 2.67. The molecule has 1 aromatic heterocycles. The van der Waals surface area contributed by atoms with E-state index in [1.54, 1.807) is 6.20 Å². The number of anilines is 1. The highest BCUT2D eigenvalue weighted by Crippen LogP contribution is 2.20. The molecule has 1 aliphatic rings. The van der Waals surface area contributed by atoms with E-state index in [0.29, 0.717) is 18.6 Å². The predicted octanol–water partition coefficient (Wildman–Crippen LogP) is 1.56. The van der Waals surface area contributed by atoms with E-state index in [1.165, 1.54) is 11.3 Å². The van der Waals surface area contributed by atoms with Crippen LogP contribution in [0.25, 0.3) is 0 Å². The fraction of sp³-hybridized carbons (Fsp3) is 0.455. The van der Waals surface area contributed by atoms with Crippen LogP contribution in [0.2, 0.25) is 0 Å². The molecule has 0 spiro atoms. The van der Waals surface area contributed by atoms with Crippen molar-refractivity contribution in [3.63, 3.8) is 0 Å². The first kappa shape index (κ1) is 9.19. The van der Waals surface area contributed by atoms with Gasteiger partial charge in [-0.2, -0.15) is 0 Å². The van der Waals surface area contributed by atoms with E-state index in [9.17, 15) is 4.79 Å². The molecule has 0 bridgehead atoms. The lowest BCUT2D eigenvalue weighted by Crippen LogP contribution is -2.34. The molecule has 0 aliphatic carbocycles. The van der Waals surface area contributed by atoms with Gasteiger partial charge in [0.2, 0.25) is 0 Å². The van der Waals surface area contributed by atoms with Gasteiger partial charge in [0.1, 0.15) is 5.78 Å². The summed E-state index contributed by atoms with van der Waals surface area (Å²) in [5, 5.41) is 0. The number of Topliss-reactive ketones (excluding diaryl/α,β-unsaturated/α-hetero) is 1. The van der Waals surface area contributed by atoms with Crippen LogP contribution in [-0.2, 0) is 4.79 Å². The van der Waals surface area contributed by atoms with Crippen molar-refractivity contribution in [1.82, 2.24) is 4.98 Å². The number of carbonyl (C=O) groups is 1. The minimum absolute atomic E-state index is 0.378. The SMILES string of the molecule is Cc1ccncc1N1CCC(=O)CC1. The summed E-state index contributed by atoms with van der Waals surface area (Å²) in [5.41, 5.74) is 2.40. The Morgan fingerprint density at radius 3 is 2.71 bits per heavy atom. The van der Waals surface area contributed by atoms with Gasteiger partial charge in [-0.3, -0.25) is 9.78 Å². The second kappa shape index (κ2) is 3.78. The molecule has 74 valence electrons. The zero-order valence-electron chi connectivity index (χ0n) is 8.36. The van der Waals surface area contributed by atoms with Crippen LogP contribution in [0.5, 0.6) is 0 Å². The number of rotatable bonds is 1. The number of piperidine rings is 1. The molecular weight excluding hydrogens is 176 g/mol. The van der Waals surface area contributed by atoms with Gasteiger partial charge in [0.05, 0.1) is 11.9 Å². The summed E-state index contributed by atoms with van der Waals surface area (Å²) < 4.78 is 0. The van der Waals surface area contributed by atoms with E-state index in [1.807, 2.05) is 12.3 Å². The molecule has 2 rings (SSSR count). The second-order valence-corrected chi connectivity index (χ2v) is 3.69. The van der Waals surface area contributed by atoms with Gasteiger partial charge in [-0.15, -0.1) is 0 Å². The predicted molar refractivity (Wildman–Crippen MR) is 55.4 cm³/mol. The minimum Gasteiger partial charge on any atom is -0.369 e. The Morgan fingerprint density at radius 1 is 1.36 bits per heavy atom. The van der Waals surface area contributed by atoms with E-state index >= 15 is 0 Å². The standard InChI is InChI=1S/C11H14N2O/c1-9-2-5-12-8-11(9)13-6-3-10(14)4-7-13/h2,5,8H,3-4,6-7H2,1H3. The van der Waals surface area contributed by atoms with E-state index in [2.05, 4.69) is 16.8 Å². The Labute approximate surface area is 83.8 Å². The lowest BCUT2D eigenvalue weighted by molar-refractivity contribution is -0.119. The van der Waals surface area contributed by atoms with Gasteiger partial charge < -0.3 is 4.90 Å². The minimum atomic E-state index is 0.378. The molecule has 1 fully saturated rings. The quantitative estimate of drug-likeness (QED) is 0.673. The van der Waals surface area contributed by atoms with Crippen LogP contribution in [0, 0.1) is 6.92 Å². The highest BCUT2D eigenvalue weighted by Gasteiger charge is 2.17. The van der Waals surface area contributed by atoms with Crippen molar-refractivity contribution in [2.45, 2.75) is 19.8 Å². The number of aromatic nitrogens is 1. The number of carbonyl (C=O) groups excluding carboxylic acids is 1. The van der Waals surface area contributed by atoms with Gasteiger partial charge in [-0.1, -0.05) is 0 Å². The Balaban J connectivity index is 2.16. The maximum Gasteiger partial charge on any atom is 0.136 e. The molecule has 1 aromatic rings. The van der Waals surface area contributed by atoms with Gasteiger partial charge >= 0.3 is 0 Å². The van der Waals surface area contributed by atoms with Crippen LogP contribution < -0.4 is 4.90 Å². The molecule has 0 atom stereocenters. The normalized spacial score (nSPS) is 17.2. The molecule has 1 aliphatic heterocycles. The fourth-order valence-electron chi connectivity index (χ4n) is 1.78. The van der Waals surface area contributed by atoms with Crippen LogP contribution in [0.3, 0.4) is 0 Å². The van der Waals surface area contributed by atoms with Crippen molar-refractivity contribution in [1.29, 1.82) is 0 Å². The van der Waals surface area contributed by atoms with E-state index < -0.39 is 0 Å². The summed E-state index contributed by atoms with van der Waals surface area (Å²) in [7, 11) is 0. The molecule has 0 unspecified atom stereocenters. The van der Waals surface area contributed by atoms with Crippen molar-refractivity contribution in [3.05, 3.63) is 24.0 Å². The van der Waals surface area contributed by atoms with Crippen LogP contribution in [-0.4, -0.2) is 23.9 Å². The topological polar surface area (TPSA) is 33.2 Å². The second-order valence-electron chi connectivity index (χ2n) is 3.69. The average Bonchev–Trinajstić information content (AvgIpc) is 2.20. The van der Waals surface area contributed by atoms with Gasteiger partial charge in [0.15, 0.2) is 0 Å². The highest BCUT2D eigenvalue weighted by molar-refractivity contribution is 5.81. The summed E-state index contributed by atoms with van der Waals surface area (Å²) in [6.07, 6.45) is 5.03. The molecule has 3 nitrogen and oxygen atoms in total. The van der Waals surface area contributed by atoms with Crippen molar-refractivity contribution >= 4 is 11.5 Å². The Kier molecular flexibility index (Phi) is 2.48. The molecule has 0 radical (unpaired) electrons. The average molecular weight is 190 g/mol. The summed E-state index contributed by atoms with van der Waals surface area (Å²) in [5.74, 6) is 0.378. The van der Waals surface area contributed by atoms with E-state index in [4.69, 9.17) is 0 Å². The smallest absolute Gasteiger partial charge is 0.136 e. The number of aryl methyl sites for hydroxylation is 1. The van der Waals surface area contributed by atoms with Gasteiger partial charge in [-0.25, -0.2) is 0 Å². The number of pyridine rings is 1. The monoisotopic (exact) mass is 190 g/mol. The molecule has 0 N–H and O–H groups in total. The summed E-state index contributed by atoms with van der Waals surface area (Å²) in [4.78, 5) is 17.4. The number of hydrogen-bond acceptors (Lipinski definition) is 3. The lowest BCUT2D eigenvalue weighted by Gasteiger charge is -2.28. The fourth-order valence-corrected chi connectivity index (χ4v) is 1.78. The first-order valence-corrected chi connectivity index (χ1v) is 4.94. The largest absolute Gasteiger partial charge is 0.369 e. The van der Waals surface area contributed by atoms with Crippen molar-refractivity contribution < 1.29 is 4.79 Å². The Hall–Kier alpha value is -1.38. The summed E-state index contributed by atoms with van der Waals surface area (Å²) in [6.45, 7) is 3.75. The zero-order valence-corrected chi connectivity index (χ0v) is 8.36.